The van der Waals surface area contributed by atoms with Crippen molar-refractivity contribution in [3.05, 3.63) is 70.3 Å². The number of H-pyrrole nitrogens is 1. The molecule has 1 amide bonds. The van der Waals surface area contributed by atoms with Gasteiger partial charge in [0, 0.05) is 45.2 Å². The topological polar surface area (TPSA) is 96.5 Å². The van der Waals surface area contributed by atoms with Crippen molar-refractivity contribution in [3.8, 4) is 5.75 Å². The summed E-state index contributed by atoms with van der Waals surface area (Å²) in [5.74, 6) is 1.21. The van der Waals surface area contributed by atoms with Crippen molar-refractivity contribution in [1.29, 1.82) is 0 Å². The number of fused-ring (bicyclic) bond motifs is 1. The first kappa shape index (κ1) is 23.9. The molecule has 1 aromatic heterocycles. The number of para-hydroxylation sites is 1. The van der Waals surface area contributed by atoms with Crippen molar-refractivity contribution < 1.29 is 14.3 Å². The van der Waals surface area contributed by atoms with Crippen LogP contribution in [0.2, 0.25) is 0 Å². The van der Waals surface area contributed by atoms with Gasteiger partial charge in [0.25, 0.3) is 5.56 Å². The summed E-state index contributed by atoms with van der Waals surface area (Å²) < 4.78 is 11.4. The maximum atomic E-state index is 12.3. The van der Waals surface area contributed by atoms with E-state index in [0.29, 0.717) is 42.3 Å². The average Bonchev–Trinajstić information content (AvgIpc) is 2.87. The van der Waals surface area contributed by atoms with Crippen molar-refractivity contribution in [3.63, 3.8) is 0 Å². The van der Waals surface area contributed by atoms with E-state index in [-0.39, 0.29) is 17.9 Å². The number of nitrogens with zero attached hydrogens (tertiary/aromatic N) is 2. The highest BCUT2D eigenvalue weighted by molar-refractivity contribution is 5.78. The highest BCUT2D eigenvalue weighted by Gasteiger charge is 2.18. The Labute approximate surface area is 199 Å². The van der Waals surface area contributed by atoms with E-state index < -0.39 is 0 Å². The normalized spacial score (nSPS) is 14.4. The number of carbonyl (C=O) groups excluding carboxylic acids is 1. The van der Waals surface area contributed by atoms with E-state index in [9.17, 15) is 9.59 Å². The Balaban J connectivity index is 1.21. The summed E-state index contributed by atoms with van der Waals surface area (Å²) in [5, 5.41) is 3.48. The summed E-state index contributed by atoms with van der Waals surface area (Å²) in [6, 6.07) is 15.5. The van der Waals surface area contributed by atoms with Crippen molar-refractivity contribution >= 4 is 16.8 Å². The molecule has 0 unspecified atom stereocenters. The van der Waals surface area contributed by atoms with Crippen LogP contribution in [-0.4, -0.2) is 60.2 Å². The molecule has 1 aliphatic heterocycles. The summed E-state index contributed by atoms with van der Waals surface area (Å²) in [5.41, 5.74) is 1.43. The summed E-state index contributed by atoms with van der Waals surface area (Å²) in [6.07, 6.45) is 2.75. The first-order valence-corrected chi connectivity index (χ1v) is 11.8. The number of hydrogen-bond donors (Lipinski definition) is 2. The fraction of sp³-hybridized carbons (Fsp3) is 0.423. The van der Waals surface area contributed by atoms with Crippen molar-refractivity contribution in [2.24, 2.45) is 0 Å². The molecule has 34 heavy (non-hydrogen) atoms. The summed E-state index contributed by atoms with van der Waals surface area (Å²) in [4.78, 5) is 34.1. The number of benzene rings is 2. The van der Waals surface area contributed by atoms with Crippen LogP contribution in [0.4, 0.5) is 0 Å². The van der Waals surface area contributed by atoms with Crippen LogP contribution < -0.4 is 15.6 Å². The highest BCUT2D eigenvalue weighted by Crippen LogP contribution is 2.15. The van der Waals surface area contributed by atoms with Gasteiger partial charge < -0.3 is 19.8 Å². The summed E-state index contributed by atoms with van der Waals surface area (Å²) >= 11 is 0. The van der Waals surface area contributed by atoms with E-state index in [1.807, 2.05) is 30.3 Å². The lowest BCUT2D eigenvalue weighted by molar-refractivity contribution is -0.121. The van der Waals surface area contributed by atoms with E-state index in [1.54, 1.807) is 18.2 Å². The van der Waals surface area contributed by atoms with E-state index in [1.165, 1.54) is 0 Å². The molecule has 1 fully saturated rings. The van der Waals surface area contributed by atoms with Gasteiger partial charge in [-0.25, -0.2) is 4.98 Å². The molecule has 0 radical (unpaired) electrons. The van der Waals surface area contributed by atoms with E-state index in [4.69, 9.17) is 9.47 Å². The molecule has 2 aromatic carbocycles. The lowest BCUT2D eigenvalue weighted by Gasteiger charge is -2.31. The number of aromatic amines is 1. The second-order valence-electron chi connectivity index (χ2n) is 8.63. The van der Waals surface area contributed by atoms with E-state index >= 15 is 0 Å². The monoisotopic (exact) mass is 464 g/mol. The van der Waals surface area contributed by atoms with Gasteiger partial charge in [0.15, 0.2) is 0 Å². The van der Waals surface area contributed by atoms with Crippen molar-refractivity contribution in [2.75, 3.05) is 33.4 Å². The number of carbonyl (C=O) groups is 1. The zero-order chi connectivity index (χ0) is 23.8. The second kappa shape index (κ2) is 11.8. The lowest BCUT2D eigenvalue weighted by atomic mass is 10.1. The smallest absolute Gasteiger partial charge is 0.258 e. The van der Waals surface area contributed by atoms with Crippen molar-refractivity contribution in [1.82, 2.24) is 20.2 Å². The standard InChI is InChI=1S/C26H32N4O4/c1-30(20-11-14-33-15-12-20)13-16-34-21-6-4-5-19(17-21)18-27-25(31)10-9-24-28-23-8-3-2-7-22(23)26(32)29-24/h2-8,17,20H,9-16,18H2,1H3,(H,27,31)(H,28,29,32). The predicted octanol–water partition coefficient (Wildman–Crippen LogP) is 2.66. The van der Waals surface area contributed by atoms with Crippen LogP contribution in [0, 0.1) is 0 Å². The van der Waals surface area contributed by atoms with Gasteiger partial charge in [-0.15, -0.1) is 0 Å². The first-order chi connectivity index (χ1) is 16.6. The molecular weight excluding hydrogens is 432 g/mol. The molecule has 1 saturated heterocycles. The van der Waals surface area contributed by atoms with Crippen LogP contribution in [0.1, 0.15) is 30.7 Å². The number of amides is 1. The largest absolute Gasteiger partial charge is 0.492 e. The Bertz CT molecular complexity index is 1160. The van der Waals surface area contributed by atoms with Gasteiger partial charge >= 0.3 is 0 Å². The van der Waals surface area contributed by atoms with Gasteiger partial charge in [0.05, 0.1) is 10.9 Å². The summed E-state index contributed by atoms with van der Waals surface area (Å²) in [7, 11) is 2.13. The van der Waals surface area contributed by atoms with Crippen LogP contribution in [0.25, 0.3) is 10.9 Å². The van der Waals surface area contributed by atoms with Crippen LogP contribution in [0.3, 0.4) is 0 Å². The van der Waals surface area contributed by atoms with Crippen LogP contribution in [-0.2, 0) is 22.5 Å². The Morgan fingerprint density at radius 3 is 2.88 bits per heavy atom. The first-order valence-electron chi connectivity index (χ1n) is 11.8. The van der Waals surface area contributed by atoms with Crippen LogP contribution >= 0.6 is 0 Å². The predicted molar refractivity (Wildman–Crippen MR) is 131 cm³/mol. The quantitative estimate of drug-likeness (QED) is 0.479. The van der Waals surface area contributed by atoms with Gasteiger partial charge in [-0.05, 0) is 49.7 Å². The minimum atomic E-state index is -0.184. The maximum absolute atomic E-state index is 12.3. The van der Waals surface area contributed by atoms with Gasteiger partial charge in [-0.1, -0.05) is 24.3 Å². The zero-order valence-electron chi connectivity index (χ0n) is 19.6. The molecule has 0 atom stereocenters. The molecule has 0 spiro atoms. The molecule has 8 heteroatoms. The number of ether oxygens (including phenoxy) is 2. The molecule has 1 aliphatic rings. The number of aryl methyl sites for hydroxylation is 1. The Kier molecular flexibility index (Phi) is 8.27. The van der Waals surface area contributed by atoms with E-state index in [0.717, 1.165) is 43.9 Å². The summed E-state index contributed by atoms with van der Waals surface area (Å²) in [6.45, 7) is 3.55. The number of rotatable bonds is 10. The Hall–Kier alpha value is -3.23. The lowest BCUT2D eigenvalue weighted by Crippen LogP contribution is -2.38. The molecule has 0 saturated carbocycles. The Morgan fingerprint density at radius 1 is 1.21 bits per heavy atom. The molecule has 2 N–H and O–H groups in total. The molecule has 0 aliphatic carbocycles. The van der Waals surface area contributed by atoms with Gasteiger partial charge in [0.1, 0.15) is 18.2 Å². The maximum Gasteiger partial charge on any atom is 0.258 e. The molecule has 2 heterocycles. The minimum absolute atomic E-state index is 0.0970. The van der Waals surface area contributed by atoms with Gasteiger partial charge in [0.2, 0.25) is 5.91 Å². The zero-order valence-corrected chi connectivity index (χ0v) is 19.6. The third-order valence-corrected chi connectivity index (χ3v) is 6.17. The number of hydrogen-bond acceptors (Lipinski definition) is 6. The molecule has 0 bridgehead atoms. The Morgan fingerprint density at radius 2 is 2.03 bits per heavy atom. The van der Waals surface area contributed by atoms with Crippen LogP contribution in [0.5, 0.6) is 5.75 Å². The van der Waals surface area contributed by atoms with Gasteiger partial charge in [-0.2, -0.15) is 0 Å². The molecule has 3 aromatic rings. The number of likely N-dealkylation sites (N-methyl/N-ethyl adjacent to an activating group) is 1. The fourth-order valence-electron chi connectivity index (χ4n) is 4.14. The molecule has 4 rings (SSSR count). The number of nitrogens with one attached hydrogen (secondary N) is 2. The van der Waals surface area contributed by atoms with E-state index in [2.05, 4.69) is 27.2 Å². The average molecular weight is 465 g/mol. The fourth-order valence-corrected chi connectivity index (χ4v) is 4.14. The molecular formula is C26H32N4O4. The third kappa shape index (κ3) is 6.65. The second-order valence-corrected chi connectivity index (χ2v) is 8.63. The molecule has 8 nitrogen and oxygen atoms in total. The molecule has 180 valence electrons. The van der Waals surface area contributed by atoms with Crippen molar-refractivity contribution in [2.45, 2.75) is 38.3 Å². The van der Waals surface area contributed by atoms with Gasteiger partial charge in [-0.3, -0.25) is 14.5 Å². The third-order valence-electron chi connectivity index (χ3n) is 6.17. The minimum Gasteiger partial charge on any atom is -0.492 e. The number of aromatic nitrogens is 2. The highest BCUT2D eigenvalue weighted by atomic mass is 16.5. The SMILES string of the molecule is CN(CCOc1cccc(CNC(=O)CCc2nc3ccccc3c(=O)[nH]2)c1)C1CCOCC1. The van der Waals surface area contributed by atoms with Crippen LogP contribution in [0.15, 0.2) is 53.3 Å².